The van der Waals surface area contributed by atoms with Gasteiger partial charge in [-0.3, -0.25) is 33.3 Å². The zero-order chi connectivity index (χ0) is 40.9. The third-order valence-corrected chi connectivity index (χ3v) is 9.91. The number of hydrogen-bond acceptors (Lipinski definition) is 12. The van der Waals surface area contributed by atoms with E-state index in [0.29, 0.717) is 19.4 Å². The molecule has 0 spiro atoms. The molecule has 0 aliphatic carbocycles. The summed E-state index contributed by atoms with van der Waals surface area (Å²) in [5.74, 6) is -7.21. The Morgan fingerprint density at radius 2 is 1.39 bits per heavy atom. The molecule has 2 saturated heterocycles. The highest BCUT2D eigenvalue weighted by atomic mass is 31.2. The van der Waals surface area contributed by atoms with E-state index in [2.05, 4.69) is 36.4 Å². The van der Waals surface area contributed by atoms with Gasteiger partial charge in [0.15, 0.2) is 0 Å². The number of phosphoric ester groups is 1. The Balaban J connectivity index is 2.24. The highest BCUT2D eigenvalue weighted by Gasteiger charge is 2.43. The predicted molar refractivity (Wildman–Crippen MR) is 189 cm³/mol. The van der Waals surface area contributed by atoms with Gasteiger partial charge in [-0.05, 0) is 57.4 Å². The molecule has 22 heteroatoms. The maximum absolute atomic E-state index is 13.9. The average molecular weight is 794 g/mol. The largest absolute Gasteiger partial charge is 0.480 e. The van der Waals surface area contributed by atoms with E-state index in [-0.39, 0.29) is 37.6 Å². The molecule has 2 fully saturated rings. The molecule has 2 aliphatic rings. The molecule has 0 aromatic rings. The monoisotopic (exact) mass is 793 g/mol. The Morgan fingerprint density at radius 1 is 0.796 bits per heavy atom. The minimum atomic E-state index is -5.27. The van der Waals surface area contributed by atoms with Crippen LogP contribution in [0.3, 0.4) is 0 Å². The molecule has 9 atom stereocenters. The van der Waals surface area contributed by atoms with Crippen molar-refractivity contribution in [1.29, 1.82) is 0 Å². The fourth-order valence-electron chi connectivity index (χ4n) is 6.14. The Morgan fingerprint density at radius 3 is 1.89 bits per heavy atom. The van der Waals surface area contributed by atoms with Crippen molar-refractivity contribution in [2.24, 2.45) is 11.8 Å². The minimum absolute atomic E-state index is 0.0544. The SMILES string of the molecule is CC[C@H](C)[C@H](NC(=O)[C@@H]1CCCN1)C(=O)N[C@@H](CO)C(=O)N[C@@H](CO)C(=O)N[C@H](C(=O)N1CCC[C@H]1C(=O)N[C@@H](CC(C)C)C(=O)O)[C@@H](C)OP(=O)(O)O. The molecule has 0 radical (unpaired) electrons. The summed E-state index contributed by atoms with van der Waals surface area (Å²) < 4.78 is 16.4. The number of phosphoric acid groups is 1. The first-order valence-electron chi connectivity index (χ1n) is 18.0. The first kappa shape index (κ1) is 46.4. The van der Waals surface area contributed by atoms with Crippen LogP contribution in [0.1, 0.15) is 73.1 Å². The predicted octanol–water partition coefficient (Wildman–Crippen LogP) is -3.19. The van der Waals surface area contributed by atoms with Crippen LogP contribution in [0.5, 0.6) is 0 Å². The number of amides is 6. The zero-order valence-corrected chi connectivity index (χ0v) is 32.0. The van der Waals surface area contributed by atoms with E-state index in [4.69, 9.17) is 0 Å². The molecule has 0 bridgehead atoms. The summed E-state index contributed by atoms with van der Waals surface area (Å²) in [4.78, 5) is 111. The van der Waals surface area contributed by atoms with E-state index >= 15 is 0 Å². The maximum Gasteiger partial charge on any atom is 0.469 e. The number of aliphatic hydroxyl groups is 2. The first-order valence-corrected chi connectivity index (χ1v) is 19.5. The van der Waals surface area contributed by atoms with E-state index in [9.17, 15) is 63.2 Å². The van der Waals surface area contributed by atoms with Gasteiger partial charge in [0, 0.05) is 6.54 Å². The van der Waals surface area contributed by atoms with Crippen LogP contribution in [-0.2, 0) is 42.7 Å². The molecule has 2 rings (SSSR count). The zero-order valence-electron chi connectivity index (χ0n) is 31.1. The highest BCUT2D eigenvalue weighted by molar-refractivity contribution is 7.46. The standard InChI is InChI=1S/C32H56N7O14P/c1-6-17(4)24(37-26(42)19-9-7-11-33-19)30(46)36-21(14-40)27(43)35-22(15-41)28(44)38-25(18(5)53-54(50,51)52)31(47)39-12-8-10-23(39)29(45)34-20(32(48)49)13-16(2)3/h16-25,33,40-41H,6-15H2,1-5H3,(H,34,45)(H,35,43)(H,36,46)(H,37,42)(H,38,44)(H,48,49)(H2,50,51,52)/t17-,18+,19-,20-,21-,22-,23-,24-,25-/m0/s1. The second kappa shape index (κ2) is 21.4. The van der Waals surface area contributed by atoms with Crippen LogP contribution >= 0.6 is 7.82 Å². The van der Waals surface area contributed by atoms with Gasteiger partial charge in [-0.25, -0.2) is 9.36 Å². The van der Waals surface area contributed by atoms with Gasteiger partial charge in [-0.1, -0.05) is 34.1 Å². The molecule has 0 aromatic carbocycles. The van der Waals surface area contributed by atoms with Crippen molar-refractivity contribution in [3.63, 3.8) is 0 Å². The number of aliphatic hydroxyl groups excluding tert-OH is 2. The van der Waals surface area contributed by atoms with Crippen molar-refractivity contribution < 1.29 is 67.8 Å². The number of hydrogen-bond donors (Lipinski definition) is 11. The third kappa shape index (κ3) is 13.8. The summed E-state index contributed by atoms with van der Waals surface area (Å²) in [5, 5.41) is 44.4. The first-order chi connectivity index (χ1) is 25.2. The number of nitrogens with zero attached hydrogens (tertiary/aromatic N) is 1. The van der Waals surface area contributed by atoms with Gasteiger partial charge in [-0.2, -0.15) is 0 Å². The summed E-state index contributed by atoms with van der Waals surface area (Å²) in [6.45, 7) is 6.59. The lowest BCUT2D eigenvalue weighted by atomic mass is 9.97. The van der Waals surface area contributed by atoms with E-state index in [0.717, 1.165) is 18.2 Å². The number of carbonyl (C=O) groups is 7. The Labute approximate surface area is 313 Å². The van der Waals surface area contributed by atoms with E-state index < -0.39 is 111 Å². The lowest BCUT2D eigenvalue weighted by molar-refractivity contribution is -0.146. The van der Waals surface area contributed by atoms with Crippen molar-refractivity contribution in [2.45, 2.75) is 122 Å². The van der Waals surface area contributed by atoms with Crippen molar-refractivity contribution >= 4 is 49.2 Å². The fraction of sp³-hybridized carbons (Fsp3) is 0.781. The molecule has 11 N–H and O–H groups in total. The lowest BCUT2D eigenvalue weighted by Gasteiger charge is -2.32. The average Bonchev–Trinajstić information content (AvgIpc) is 3.82. The second-order valence-electron chi connectivity index (χ2n) is 14.0. The topological polar surface area (TPSA) is 322 Å². The number of likely N-dealkylation sites (tertiary alicyclic amines) is 1. The summed E-state index contributed by atoms with van der Waals surface area (Å²) in [7, 11) is -5.27. The van der Waals surface area contributed by atoms with Crippen LogP contribution in [0.15, 0.2) is 0 Å². The third-order valence-electron chi connectivity index (χ3n) is 9.30. The van der Waals surface area contributed by atoms with Crippen LogP contribution in [-0.4, -0.2) is 146 Å². The van der Waals surface area contributed by atoms with Gasteiger partial charge >= 0.3 is 13.8 Å². The molecule has 308 valence electrons. The number of aliphatic carboxylic acids is 1. The van der Waals surface area contributed by atoms with Crippen molar-refractivity contribution in [2.75, 3.05) is 26.3 Å². The summed E-state index contributed by atoms with van der Waals surface area (Å²) in [6, 6.07) is -9.49. The van der Waals surface area contributed by atoms with Gasteiger partial charge in [0.2, 0.25) is 35.4 Å². The van der Waals surface area contributed by atoms with Gasteiger partial charge in [-0.15, -0.1) is 0 Å². The Kier molecular flexibility index (Phi) is 18.4. The van der Waals surface area contributed by atoms with E-state index in [1.807, 2.05) is 0 Å². The number of carboxylic acids is 1. The molecule has 0 unspecified atom stereocenters. The number of carbonyl (C=O) groups excluding carboxylic acids is 6. The second-order valence-corrected chi connectivity index (χ2v) is 15.2. The lowest BCUT2D eigenvalue weighted by Crippen LogP contribution is -2.62. The summed E-state index contributed by atoms with van der Waals surface area (Å²) in [6.07, 6.45) is 0.543. The summed E-state index contributed by atoms with van der Waals surface area (Å²) in [5.41, 5.74) is 0. The maximum atomic E-state index is 13.9. The van der Waals surface area contributed by atoms with Gasteiger partial charge in [0.25, 0.3) is 0 Å². The van der Waals surface area contributed by atoms with Crippen molar-refractivity contribution in [3.05, 3.63) is 0 Å². The molecular formula is C32H56N7O14P. The Bertz CT molecular complexity index is 1390. The van der Waals surface area contributed by atoms with Gasteiger partial charge in [0.1, 0.15) is 36.3 Å². The molecular weight excluding hydrogens is 737 g/mol. The van der Waals surface area contributed by atoms with Gasteiger partial charge < -0.3 is 61.9 Å². The Hall–Kier alpha value is -3.72. The quantitative estimate of drug-likeness (QED) is 0.0511. The van der Waals surface area contributed by atoms with Crippen LogP contribution in [0.2, 0.25) is 0 Å². The minimum Gasteiger partial charge on any atom is -0.480 e. The van der Waals surface area contributed by atoms with Gasteiger partial charge in [0.05, 0.1) is 25.4 Å². The van der Waals surface area contributed by atoms with Crippen LogP contribution < -0.4 is 31.9 Å². The van der Waals surface area contributed by atoms with Crippen LogP contribution in [0.4, 0.5) is 0 Å². The summed E-state index contributed by atoms with van der Waals surface area (Å²) >= 11 is 0. The van der Waals surface area contributed by atoms with E-state index in [1.54, 1.807) is 27.7 Å². The number of carboxylic acid groups (broad SMARTS) is 1. The molecule has 2 aliphatic heterocycles. The molecule has 0 aromatic heterocycles. The fourth-order valence-corrected chi connectivity index (χ4v) is 6.69. The van der Waals surface area contributed by atoms with Crippen molar-refractivity contribution in [1.82, 2.24) is 36.8 Å². The highest BCUT2D eigenvalue weighted by Crippen LogP contribution is 2.38. The molecule has 2 heterocycles. The van der Waals surface area contributed by atoms with Crippen LogP contribution in [0.25, 0.3) is 0 Å². The molecule has 0 saturated carbocycles. The smallest absolute Gasteiger partial charge is 0.469 e. The van der Waals surface area contributed by atoms with Crippen molar-refractivity contribution in [3.8, 4) is 0 Å². The van der Waals surface area contributed by atoms with E-state index in [1.165, 1.54) is 0 Å². The van der Waals surface area contributed by atoms with Crippen LogP contribution in [0, 0.1) is 11.8 Å². The number of nitrogens with one attached hydrogen (secondary N) is 6. The molecule has 6 amide bonds. The molecule has 54 heavy (non-hydrogen) atoms. The number of rotatable bonds is 21. The normalized spacial score (nSPS) is 21.2. The molecule has 21 nitrogen and oxygen atoms in total.